The van der Waals surface area contributed by atoms with E-state index in [-0.39, 0.29) is 11.9 Å². The number of hydrogen-bond acceptors (Lipinski definition) is 2. The molecule has 0 fully saturated rings. The molecule has 1 N–H and O–H groups in total. The van der Waals surface area contributed by atoms with Crippen molar-refractivity contribution in [2.45, 2.75) is 13.0 Å². The van der Waals surface area contributed by atoms with Gasteiger partial charge < -0.3 is 10.1 Å². The molecule has 3 aromatic rings. The molecule has 25 heavy (non-hydrogen) atoms. The van der Waals surface area contributed by atoms with Gasteiger partial charge in [0.1, 0.15) is 5.75 Å². The first-order chi connectivity index (χ1) is 12.2. The van der Waals surface area contributed by atoms with Crippen LogP contribution < -0.4 is 10.1 Å². The number of carbonyl (C=O) groups excluding carboxylic acids is 1. The second-order valence-electron chi connectivity index (χ2n) is 5.96. The van der Waals surface area contributed by atoms with Crippen molar-refractivity contribution in [3.05, 3.63) is 101 Å². The molecule has 126 valence electrons. The van der Waals surface area contributed by atoms with Crippen LogP contribution in [0.1, 0.15) is 33.1 Å². The van der Waals surface area contributed by atoms with Crippen LogP contribution in [0.3, 0.4) is 0 Å². The van der Waals surface area contributed by atoms with Gasteiger partial charge in [0.05, 0.1) is 13.2 Å². The fraction of sp³-hybridized carbons (Fsp3) is 0.136. The van der Waals surface area contributed by atoms with Gasteiger partial charge in [0.25, 0.3) is 5.91 Å². The van der Waals surface area contributed by atoms with Crippen molar-refractivity contribution >= 4 is 5.91 Å². The average Bonchev–Trinajstić information content (AvgIpc) is 2.67. The summed E-state index contributed by atoms with van der Waals surface area (Å²) in [6.45, 7) is 2.05. The summed E-state index contributed by atoms with van der Waals surface area (Å²) in [6, 6.07) is 25.2. The summed E-state index contributed by atoms with van der Waals surface area (Å²) < 4.78 is 5.21. The van der Waals surface area contributed by atoms with Gasteiger partial charge in [-0.2, -0.15) is 0 Å². The van der Waals surface area contributed by atoms with E-state index in [0.29, 0.717) is 11.3 Å². The molecule has 3 nitrogen and oxygen atoms in total. The number of hydrogen-bond donors (Lipinski definition) is 1. The Labute approximate surface area is 148 Å². The molecule has 3 heteroatoms. The van der Waals surface area contributed by atoms with Crippen molar-refractivity contribution in [2.75, 3.05) is 7.11 Å². The maximum absolute atomic E-state index is 12.8. The van der Waals surface area contributed by atoms with Crippen LogP contribution in [-0.4, -0.2) is 13.0 Å². The van der Waals surface area contributed by atoms with Crippen LogP contribution in [0.2, 0.25) is 0 Å². The van der Waals surface area contributed by atoms with Gasteiger partial charge in [0, 0.05) is 5.56 Å². The first-order valence-electron chi connectivity index (χ1n) is 8.24. The molecule has 0 bridgehead atoms. The topological polar surface area (TPSA) is 38.3 Å². The van der Waals surface area contributed by atoms with Crippen LogP contribution in [0, 0.1) is 6.92 Å². The van der Waals surface area contributed by atoms with Crippen molar-refractivity contribution in [1.82, 2.24) is 5.32 Å². The molecule has 0 aliphatic carbocycles. The average molecular weight is 331 g/mol. The van der Waals surface area contributed by atoms with Crippen molar-refractivity contribution in [1.29, 1.82) is 0 Å². The minimum absolute atomic E-state index is 0.131. The van der Waals surface area contributed by atoms with Crippen LogP contribution in [0.4, 0.5) is 0 Å². The molecule has 0 saturated carbocycles. The van der Waals surface area contributed by atoms with Crippen LogP contribution in [-0.2, 0) is 0 Å². The number of rotatable bonds is 5. The molecule has 0 heterocycles. The summed E-state index contributed by atoms with van der Waals surface area (Å²) in [5, 5.41) is 3.14. The van der Waals surface area contributed by atoms with Crippen molar-refractivity contribution < 1.29 is 9.53 Å². The number of amides is 1. The molecule has 1 atom stereocenters. The fourth-order valence-electron chi connectivity index (χ4n) is 2.74. The van der Waals surface area contributed by atoms with Gasteiger partial charge in [-0.15, -0.1) is 0 Å². The number of benzene rings is 3. The Morgan fingerprint density at radius 2 is 1.56 bits per heavy atom. The third-order valence-corrected chi connectivity index (χ3v) is 4.15. The highest BCUT2D eigenvalue weighted by molar-refractivity contribution is 5.95. The Bertz CT molecular complexity index is 841. The van der Waals surface area contributed by atoms with E-state index in [0.717, 1.165) is 11.1 Å². The lowest BCUT2D eigenvalue weighted by Gasteiger charge is -2.20. The van der Waals surface area contributed by atoms with E-state index in [2.05, 4.69) is 36.5 Å². The minimum Gasteiger partial charge on any atom is -0.497 e. The van der Waals surface area contributed by atoms with Gasteiger partial charge in [-0.3, -0.25) is 4.79 Å². The molecule has 0 spiro atoms. The van der Waals surface area contributed by atoms with Crippen LogP contribution in [0.5, 0.6) is 5.75 Å². The van der Waals surface area contributed by atoms with Crippen molar-refractivity contribution in [3.8, 4) is 5.75 Å². The van der Waals surface area contributed by atoms with Gasteiger partial charge in [-0.05, 0) is 36.2 Å². The van der Waals surface area contributed by atoms with Crippen LogP contribution >= 0.6 is 0 Å². The Hall–Kier alpha value is -3.07. The highest BCUT2D eigenvalue weighted by Crippen LogP contribution is 2.23. The lowest BCUT2D eigenvalue weighted by atomic mass is 9.97. The zero-order valence-corrected chi connectivity index (χ0v) is 14.4. The van der Waals surface area contributed by atoms with Gasteiger partial charge in [-0.1, -0.05) is 66.2 Å². The minimum atomic E-state index is -0.208. The summed E-state index contributed by atoms with van der Waals surface area (Å²) in [5.41, 5.74) is 3.86. The van der Waals surface area contributed by atoms with E-state index in [1.54, 1.807) is 19.2 Å². The number of aryl methyl sites for hydroxylation is 1. The van der Waals surface area contributed by atoms with Gasteiger partial charge in [0.2, 0.25) is 0 Å². The van der Waals surface area contributed by atoms with Crippen LogP contribution in [0.25, 0.3) is 0 Å². The van der Waals surface area contributed by atoms with Crippen molar-refractivity contribution in [3.63, 3.8) is 0 Å². The summed E-state index contributed by atoms with van der Waals surface area (Å²) in [4.78, 5) is 12.8. The SMILES string of the molecule is COc1cccc(C(=O)N[C@@H](c2ccccc2)c2ccc(C)cc2)c1. The molecule has 0 aromatic heterocycles. The monoisotopic (exact) mass is 331 g/mol. The zero-order chi connectivity index (χ0) is 17.6. The molecule has 0 radical (unpaired) electrons. The Balaban J connectivity index is 1.92. The van der Waals surface area contributed by atoms with E-state index < -0.39 is 0 Å². The largest absolute Gasteiger partial charge is 0.497 e. The second kappa shape index (κ2) is 7.67. The van der Waals surface area contributed by atoms with E-state index >= 15 is 0 Å². The first kappa shape index (κ1) is 16.8. The molecular formula is C22H21NO2. The standard InChI is InChI=1S/C22H21NO2/c1-16-11-13-18(14-12-16)21(17-7-4-3-5-8-17)23-22(24)19-9-6-10-20(15-19)25-2/h3-15,21H,1-2H3,(H,23,24)/t21-/m0/s1. The zero-order valence-electron chi connectivity index (χ0n) is 14.4. The van der Waals surface area contributed by atoms with E-state index in [1.807, 2.05) is 42.5 Å². The Kier molecular flexibility index (Phi) is 5.14. The molecule has 3 aromatic carbocycles. The maximum atomic E-state index is 12.8. The molecule has 0 aliphatic rings. The molecule has 0 unspecified atom stereocenters. The van der Waals surface area contributed by atoms with Crippen LogP contribution in [0.15, 0.2) is 78.9 Å². The third kappa shape index (κ3) is 4.07. The van der Waals surface area contributed by atoms with Gasteiger partial charge >= 0.3 is 0 Å². The summed E-state index contributed by atoms with van der Waals surface area (Å²) in [6.07, 6.45) is 0. The molecular weight excluding hydrogens is 310 g/mol. The summed E-state index contributed by atoms with van der Waals surface area (Å²) in [5.74, 6) is 0.535. The lowest BCUT2D eigenvalue weighted by molar-refractivity contribution is 0.0942. The number of methoxy groups -OCH3 is 1. The van der Waals surface area contributed by atoms with Gasteiger partial charge in [0.15, 0.2) is 0 Å². The van der Waals surface area contributed by atoms with E-state index in [1.165, 1.54) is 5.56 Å². The highest BCUT2D eigenvalue weighted by Gasteiger charge is 2.18. The summed E-state index contributed by atoms with van der Waals surface area (Å²) >= 11 is 0. The third-order valence-electron chi connectivity index (χ3n) is 4.15. The quantitative estimate of drug-likeness (QED) is 0.746. The maximum Gasteiger partial charge on any atom is 0.252 e. The van der Waals surface area contributed by atoms with Crippen molar-refractivity contribution in [2.24, 2.45) is 0 Å². The molecule has 3 rings (SSSR count). The molecule has 0 saturated heterocycles. The lowest BCUT2D eigenvalue weighted by Crippen LogP contribution is -2.29. The predicted octanol–water partition coefficient (Wildman–Crippen LogP) is 4.52. The van der Waals surface area contributed by atoms with E-state index in [9.17, 15) is 4.79 Å². The number of carbonyl (C=O) groups is 1. The number of ether oxygens (including phenoxy) is 1. The Morgan fingerprint density at radius 3 is 2.24 bits per heavy atom. The Morgan fingerprint density at radius 1 is 0.880 bits per heavy atom. The first-order valence-corrected chi connectivity index (χ1v) is 8.24. The van der Waals surface area contributed by atoms with E-state index in [4.69, 9.17) is 4.74 Å². The normalized spacial score (nSPS) is 11.6. The molecule has 1 amide bonds. The predicted molar refractivity (Wildman–Crippen MR) is 99.9 cm³/mol. The highest BCUT2D eigenvalue weighted by atomic mass is 16.5. The smallest absolute Gasteiger partial charge is 0.252 e. The van der Waals surface area contributed by atoms with Gasteiger partial charge in [-0.25, -0.2) is 0 Å². The fourth-order valence-corrected chi connectivity index (χ4v) is 2.74. The molecule has 0 aliphatic heterocycles. The summed E-state index contributed by atoms with van der Waals surface area (Å²) in [7, 11) is 1.59. The second-order valence-corrected chi connectivity index (χ2v) is 5.96. The number of nitrogens with one attached hydrogen (secondary N) is 1.